The number of nitrogens with one attached hydrogen (secondary N) is 1. The van der Waals surface area contributed by atoms with E-state index in [4.69, 9.17) is 9.15 Å². The largest absolute Gasteiger partial charge is 0.466 e. The first-order chi connectivity index (χ1) is 12.0. The molecule has 2 atom stereocenters. The molecule has 1 aliphatic rings. The van der Waals surface area contributed by atoms with E-state index in [0.29, 0.717) is 35.0 Å². The quantitative estimate of drug-likeness (QED) is 0.602. The van der Waals surface area contributed by atoms with E-state index in [-0.39, 0.29) is 18.3 Å². The molecule has 2 aromatic heterocycles. The summed E-state index contributed by atoms with van der Waals surface area (Å²) in [6.07, 6.45) is 4.31. The second-order valence-electron chi connectivity index (χ2n) is 6.01. The van der Waals surface area contributed by atoms with Crippen LogP contribution in [0.1, 0.15) is 43.4 Å². The molecule has 1 fully saturated rings. The summed E-state index contributed by atoms with van der Waals surface area (Å²) in [5.74, 6) is 2.21. The van der Waals surface area contributed by atoms with E-state index in [1.807, 2.05) is 12.1 Å². The number of furan rings is 1. The Morgan fingerprint density at radius 3 is 3.00 bits per heavy atom. The van der Waals surface area contributed by atoms with Crippen molar-refractivity contribution < 1.29 is 18.7 Å². The highest BCUT2D eigenvalue weighted by atomic mass is 32.1. The molecule has 132 valence electrons. The highest BCUT2D eigenvalue weighted by molar-refractivity contribution is 7.14. The van der Waals surface area contributed by atoms with Crippen molar-refractivity contribution in [3.8, 4) is 0 Å². The second kappa shape index (κ2) is 7.65. The number of esters is 1. The number of ether oxygens (including phenoxy) is 1. The average molecular weight is 360 g/mol. The summed E-state index contributed by atoms with van der Waals surface area (Å²) in [6, 6.07) is 3.83. The lowest BCUT2D eigenvalue weighted by Gasteiger charge is -1.98. The number of thiazole rings is 1. The van der Waals surface area contributed by atoms with Crippen molar-refractivity contribution in [2.45, 2.75) is 32.6 Å². The molecule has 1 amide bonds. The molecular formula is C18H20N2O4S. The molecule has 0 spiro atoms. The molecule has 1 aliphatic carbocycles. The minimum absolute atomic E-state index is 0.102. The number of nitrogens with zero attached hydrogens (tertiary/aromatic N) is 1. The van der Waals surface area contributed by atoms with Gasteiger partial charge in [0.1, 0.15) is 11.5 Å². The minimum Gasteiger partial charge on any atom is -0.466 e. The summed E-state index contributed by atoms with van der Waals surface area (Å²) < 4.78 is 10.6. The fourth-order valence-corrected chi connectivity index (χ4v) is 3.20. The van der Waals surface area contributed by atoms with E-state index in [1.54, 1.807) is 18.4 Å². The van der Waals surface area contributed by atoms with Gasteiger partial charge in [0.15, 0.2) is 5.13 Å². The van der Waals surface area contributed by atoms with Crippen molar-refractivity contribution in [3.63, 3.8) is 0 Å². The van der Waals surface area contributed by atoms with Crippen LogP contribution in [-0.4, -0.2) is 23.5 Å². The number of anilines is 1. The fourth-order valence-electron chi connectivity index (χ4n) is 2.49. The van der Waals surface area contributed by atoms with Gasteiger partial charge in [0.05, 0.1) is 18.7 Å². The number of hydrogen-bond donors (Lipinski definition) is 1. The van der Waals surface area contributed by atoms with Crippen LogP contribution in [0.3, 0.4) is 0 Å². The fraction of sp³-hybridized carbons (Fsp3) is 0.389. The third kappa shape index (κ3) is 4.79. The summed E-state index contributed by atoms with van der Waals surface area (Å²) in [6.45, 7) is 4.29. The van der Waals surface area contributed by atoms with Crippen molar-refractivity contribution in [3.05, 3.63) is 40.8 Å². The molecule has 0 radical (unpaired) electrons. The zero-order chi connectivity index (χ0) is 17.8. The molecule has 7 heteroatoms. The predicted molar refractivity (Wildman–Crippen MR) is 95.3 cm³/mol. The number of carbonyl (C=O) groups is 2. The summed E-state index contributed by atoms with van der Waals surface area (Å²) in [4.78, 5) is 27.6. The van der Waals surface area contributed by atoms with Crippen molar-refractivity contribution in [2.75, 3.05) is 11.9 Å². The van der Waals surface area contributed by atoms with E-state index in [9.17, 15) is 9.59 Å². The van der Waals surface area contributed by atoms with Crippen LogP contribution >= 0.6 is 11.3 Å². The zero-order valence-corrected chi connectivity index (χ0v) is 15.0. The Bertz CT molecular complexity index is 793. The van der Waals surface area contributed by atoms with E-state index >= 15 is 0 Å². The first kappa shape index (κ1) is 17.4. The Labute approximate surface area is 149 Å². The van der Waals surface area contributed by atoms with Gasteiger partial charge < -0.3 is 9.15 Å². The monoisotopic (exact) mass is 360 g/mol. The van der Waals surface area contributed by atoms with Crippen molar-refractivity contribution in [1.82, 2.24) is 4.98 Å². The molecule has 2 aromatic rings. The maximum Gasteiger partial charge on any atom is 0.311 e. The normalized spacial score (nSPS) is 19.1. The summed E-state index contributed by atoms with van der Waals surface area (Å²) in [5.41, 5.74) is 0.581. The molecule has 1 N–H and O–H groups in total. The Balaban J connectivity index is 1.51. The average Bonchev–Trinajstić information content (AvgIpc) is 2.97. The SMILES string of the molecule is CCOC(=O)Cc1csc(NC(=O)/C=C/c2ccc(C3CC3C)o2)n1. The van der Waals surface area contributed by atoms with E-state index in [2.05, 4.69) is 17.2 Å². The second-order valence-corrected chi connectivity index (χ2v) is 6.87. The molecule has 1 saturated carbocycles. The van der Waals surface area contributed by atoms with E-state index < -0.39 is 0 Å². The number of aromatic nitrogens is 1. The maximum absolute atomic E-state index is 12.0. The third-order valence-electron chi connectivity index (χ3n) is 3.93. The van der Waals surface area contributed by atoms with Crippen LogP contribution in [-0.2, 0) is 20.7 Å². The number of carbonyl (C=O) groups excluding carboxylic acids is 2. The highest BCUT2D eigenvalue weighted by Crippen LogP contribution is 2.47. The van der Waals surface area contributed by atoms with Crippen LogP contribution in [0.25, 0.3) is 6.08 Å². The molecule has 0 bridgehead atoms. The summed E-state index contributed by atoms with van der Waals surface area (Å²) >= 11 is 1.27. The zero-order valence-electron chi connectivity index (χ0n) is 14.2. The van der Waals surface area contributed by atoms with Gasteiger partial charge in [0.2, 0.25) is 5.91 Å². The van der Waals surface area contributed by atoms with Crippen molar-refractivity contribution >= 4 is 34.4 Å². The van der Waals surface area contributed by atoms with Crippen LogP contribution in [0.5, 0.6) is 0 Å². The molecule has 0 aliphatic heterocycles. The summed E-state index contributed by atoms with van der Waals surface area (Å²) in [7, 11) is 0. The van der Waals surface area contributed by atoms with E-state index in [1.165, 1.54) is 17.4 Å². The van der Waals surface area contributed by atoms with Crippen LogP contribution in [0.4, 0.5) is 5.13 Å². The van der Waals surface area contributed by atoms with Crippen molar-refractivity contribution in [2.24, 2.45) is 5.92 Å². The highest BCUT2D eigenvalue weighted by Gasteiger charge is 2.36. The lowest BCUT2D eigenvalue weighted by molar-refractivity contribution is -0.142. The van der Waals surface area contributed by atoms with Gasteiger partial charge in [-0.1, -0.05) is 6.92 Å². The Morgan fingerprint density at radius 2 is 2.28 bits per heavy atom. The molecular weight excluding hydrogens is 340 g/mol. The van der Waals surface area contributed by atoms with Gasteiger partial charge in [-0.3, -0.25) is 14.9 Å². The maximum atomic E-state index is 12.0. The predicted octanol–water partition coefficient (Wildman–Crippen LogP) is 3.62. The van der Waals surface area contributed by atoms with Gasteiger partial charge in [-0.25, -0.2) is 4.98 Å². The lowest BCUT2D eigenvalue weighted by atomic mass is 10.3. The summed E-state index contributed by atoms with van der Waals surface area (Å²) in [5, 5.41) is 4.85. The third-order valence-corrected chi connectivity index (χ3v) is 4.74. The van der Waals surface area contributed by atoms with Gasteiger partial charge in [-0.15, -0.1) is 11.3 Å². The Hall–Kier alpha value is -2.41. The van der Waals surface area contributed by atoms with Crippen LogP contribution < -0.4 is 5.32 Å². The molecule has 3 rings (SSSR count). The van der Waals surface area contributed by atoms with E-state index in [0.717, 1.165) is 12.2 Å². The smallest absolute Gasteiger partial charge is 0.311 e. The van der Waals surface area contributed by atoms with Gasteiger partial charge in [-0.2, -0.15) is 0 Å². The lowest BCUT2D eigenvalue weighted by Crippen LogP contribution is -2.09. The first-order valence-electron chi connectivity index (χ1n) is 8.24. The molecule has 25 heavy (non-hydrogen) atoms. The topological polar surface area (TPSA) is 81.4 Å². The molecule has 2 heterocycles. The van der Waals surface area contributed by atoms with Crippen LogP contribution in [0, 0.1) is 5.92 Å². The number of rotatable bonds is 7. The van der Waals surface area contributed by atoms with Crippen LogP contribution in [0.2, 0.25) is 0 Å². The van der Waals surface area contributed by atoms with Gasteiger partial charge >= 0.3 is 5.97 Å². The molecule has 6 nitrogen and oxygen atoms in total. The molecule has 0 aromatic carbocycles. The van der Waals surface area contributed by atoms with Gasteiger partial charge in [0, 0.05) is 17.4 Å². The molecule has 0 saturated heterocycles. The standard InChI is InChI=1S/C18H20N2O4S/c1-3-23-17(22)9-12-10-25-18(19-12)20-16(21)7-5-13-4-6-15(24-13)14-8-11(14)2/h4-7,10-11,14H,3,8-9H2,1-2H3,(H,19,20,21)/b7-5+. The number of amides is 1. The number of hydrogen-bond acceptors (Lipinski definition) is 6. The molecule has 2 unspecified atom stereocenters. The Kier molecular flexibility index (Phi) is 5.33. The van der Waals surface area contributed by atoms with Crippen molar-refractivity contribution in [1.29, 1.82) is 0 Å². The van der Waals surface area contributed by atoms with Gasteiger partial charge in [-0.05, 0) is 37.5 Å². The Morgan fingerprint density at radius 1 is 1.48 bits per heavy atom. The van der Waals surface area contributed by atoms with Crippen LogP contribution in [0.15, 0.2) is 28.0 Å². The first-order valence-corrected chi connectivity index (χ1v) is 9.12. The van der Waals surface area contributed by atoms with Gasteiger partial charge in [0.25, 0.3) is 0 Å². The minimum atomic E-state index is -0.329.